The predicted molar refractivity (Wildman–Crippen MR) is 76.1 cm³/mol. The molecule has 1 aliphatic rings. The zero-order valence-corrected chi connectivity index (χ0v) is 12.4. The Balaban J connectivity index is 1.91. The summed E-state index contributed by atoms with van der Waals surface area (Å²) in [6.07, 6.45) is 1.54. The van der Waals surface area contributed by atoms with Gasteiger partial charge in [-0.2, -0.15) is 0 Å². The summed E-state index contributed by atoms with van der Waals surface area (Å²) in [7, 11) is 2.14. The van der Waals surface area contributed by atoms with Gasteiger partial charge in [0.15, 0.2) is 0 Å². The van der Waals surface area contributed by atoms with Gasteiger partial charge in [0, 0.05) is 39.1 Å². The van der Waals surface area contributed by atoms with Crippen molar-refractivity contribution in [3.05, 3.63) is 15.6 Å². The molecule has 19 heavy (non-hydrogen) atoms. The summed E-state index contributed by atoms with van der Waals surface area (Å²) in [6, 6.07) is 0. The van der Waals surface area contributed by atoms with Crippen LogP contribution in [0.3, 0.4) is 0 Å². The molecule has 1 saturated heterocycles. The van der Waals surface area contributed by atoms with Gasteiger partial charge in [-0.3, -0.25) is 0 Å². The van der Waals surface area contributed by atoms with Gasteiger partial charge in [0.25, 0.3) is 0 Å². The Morgan fingerprint density at radius 2 is 2.05 bits per heavy atom. The second-order valence-electron chi connectivity index (χ2n) is 4.94. The summed E-state index contributed by atoms with van der Waals surface area (Å²) in [4.78, 5) is 20.7. The van der Waals surface area contributed by atoms with E-state index in [0.29, 0.717) is 11.3 Å². The van der Waals surface area contributed by atoms with Crippen molar-refractivity contribution in [2.75, 3.05) is 39.8 Å². The van der Waals surface area contributed by atoms with E-state index in [9.17, 15) is 4.79 Å². The highest BCUT2D eigenvalue weighted by Crippen LogP contribution is 2.20. The number of likely N-dealkylation sites (N-methyl/N-ethyl adjacent to an activating group) is 1. The molecule has 1 aromatic heterocycles. The Morgan fingerprint density at radius 3 is 2.58 bits per heavy atom. The summed E-state index contributed by atoms with van der Waals surface area (Å²) in [6.45, 7) is 7.33. The lowest BCUT2D eigenvalue weighted by Crippen LogP contribution is -2.45. The fraction of sp³-hybridized carbons (Fsp3) is 0.692. The molecule has 0 aliphatic carbocycles. The van der Waals surface area contributed by atoms with Gasteiger partial charge in [-0.1, -0.05) is 6.92 Å². The van der Waals surface area contributed by atoms with Crippen LogP contribution in [0.4, 0.5) is 0 Å². The average Bonchev–Trinajstić information content (AvgIpc) is 2.81. The third-order valence-corrected chi connectivity index (χ3v) is 4.65. The molecule has 1 fully saturated rings. The second kappa shape index (κ2) is 6.45. The summed E-state index contributed by atoms with van der Waals surface area (Å²) in [5.74, 6) is -0.847. The number of thiazole rings is 1. The number of piperazine rings is 1. The maximum Gasteiger partial charge on any atom is 0.347 e. The Morgan fingerprint density at radius 1 is 1.37 bits per heavy atom. The molecule has 0 saturated carbocycles. The number of carbonyl (C=O) groups is 1. The first kappa shape index (κ1) is 14.4. The van der Waals surface area contributed by atoms with Gasteiger partial charge < -0.3 is 14.9 Å². The van der Waals surface area contributed by atoms with Crippen LogP contribution < -0.4 is 0 Å². The molecule has 2 heterocycles. The van der Waals surface area contributed by atoms with Gasteiger partial charge in [-0.25, -0.2) is 9.78 Å². The summed E-state index contributed by atoms with van der Waals surface area (Å²) in [5, 5.41) is 10.1. The standard InChI is InChI=1S/C13H21N3O2S/c1-3-10-12(13(17)18)19-11(14-10)4-5-16-8-6-15(2)7-9-16/h3-9H2,1-2H3,(H,17,18). The van der Waals surface area contributed by atoms with E-state index < -0.39 is 5.97 Å². The molecule has 1 aliphatic heterocycles. The molecule has 0 aromatic carbocycles. The second-order valence-corrected chi connectivity index (χ2v) is 6.02. The van der Waals surface area contributed by atoms with Crippen LogP contribution in [0.1, 0.15) is 27.3 Å². The third-order valence-electron chi connectivity index (χ3n) is 3.51. The minimum absolute atomic E-state index is 0.413. The lowest BCUT2D eigenvalue weighted by Gasteiger charge is -2.32. The first-order valence-corrected chi connectivity index (χ1v) is 7.54. The maximum atomic E-state index is 11.1. The fourth-order valence-corrected chi connectivity index (χ4v) is 3.22. The molecule has 6 heteroatoms. The van der Waals surface area contributed by atoms with Crippen molar-refractivity contribution in [3.63, 3.8) is 0 Å². The highest BCUT2D eigenvalue weighted by atomic mass is 32.1. The SMILES string of the molecule is CCc1nc(CCN2CCN(C)CC2)sc1C(=O)O. The molecule has 5 nitrogen and oxygen atoms in total. The quantitative estimate of drug-likeness (QED) is 0.880. The van der Waals surface area contributed by atoms with Crippen LogP contribution in [0, 0.1) is 0 Å². The number of rotatable bonds is 5. The van der Waals surface area contributed by atoms with Crippen molar-refractivity contribution in [2.45, 2.75) is 19.8 Å². The Labute approximate surface area is 117 Å². The Hall–Kier alpha value is -0.980. The summed E-state index contributed by atoms with van der Waals surface area (Å²) in [5.41, 5.74) is 0.728. The van der Waals surface area contributed by atoms with Crippen molar-refractivity contribution in [3.8, 4) is 0 Å². The van der Waals surface area contributed by atoms with E-state index in [2.05, 4.69) is 21.8 Å². The molecule has 0 atom stereocenters. The number of carboxylic acids is 1. The van der Waals surface area contributed by atoms with Crippen LogP contribution in [0.25, 0.3) is 0 Å². The van der Waals surface area contributed by atoms with Crippen LogP contribution >= 0.6 is 11.3 Å². The normalized spacial score (nSPS) is 17.8. The zero-order chi connectivity index (χ0) is 13.8. The molecule has 106 valence electrons. The van der Waals surface area contributed by atoms with Crippen LogP contribution in [-0.2, 0) is 12.8 Å². The number of aromatic carboxylic acids is 1. The lowest BCUT2D eigenvalue weighted by molar-refractivity contribution is 0.0701. The molecular formula is C13H21N3O2S. The van der Waals surface area contributed by atoms with E-state index in [1.807, 2.05) is 6.92 Å². The average molecular weight is 283 g/mol. The molecule has 0 bridgehead atoms. The first-order valence-electron chi connectivity index (χ1n) is 6.73. The fourth-order valence-electron chi connectivity index (χ4n) is 2.24. The molecule has 1 N–H and O–H groups in total. The van der Waals surface area contributed by atoms with Crippen LogP contribution in [0.5, 0.6) is 0 Å². The van der Waals surface area contributed by atoms with Gasteiger partial charge in [0.1, 0.15) is 4.88 Å². The molecule has 0 amide bonds. The number of hydrogen-bond donors (Lipinski definition) is 1. The van der Waals surface area contributed by atoms with Gasteiger partial charge in [-0.15, -0.1) is 11.3 Å². The van der Waals surface area contributed by atoms with Gasteiger partial charge in [0.2, 0.25) is 0 Å². The van der Waals surface area contributed by atoms with Crippen LogP contribution in [0.2, 0.25) is 0 Å². The van der Waals surface area contributed by atoms with Crippen molar-refractivity contribution in [1.82, 2.24) is 14.8 Å². The number of aromatic nitrogens is 1. The van der Waals surface area contributed by atoms with Gasteiger partial charge >= 0.3 is 5.97 Å². The molecule has 1 aromatic rings. The largest absolute Gasteiger partial charge is 0.477 e. The Kier molecular flexibility index (Phi) is 4.90. The zero-order valence-electron chi connectivity index (χ0n) is 11.6. The third kappa shape index (κ3) is 3.75. The van der Waals surface area contributed by atoms with Crippen molar-refractivity contribution >= 4 is 17.3 Å². The van der Waals surface area contributed by atoms with E-state index in [1.165, 1.54) is 11.3 Å². The minimum Gasteiger partial charge on any atom is -0.477 e. The minimum atomic E-state index is -0.847. The molecule has 0 spiro atoms. The number of aryl methyl sites for hydroxylation is 1. The molecule has 0 unspecified atom stereocenters. The predicted octanol–water partition coefficient (Wildman–Crippen LogP) is 1.19. The van der Waals surface area contributed by atoms with E-state index in [0.717, 1.165) is 49.8 Å². The number of carboxylic acid groups (broad SMARTS) is 1. The van der Waals surface area contributed by atoms with Crippen LogP contribution in [0.15, 0.2) is 0 Å². The van der Waals surface area contributed by atoms with Crippen molar-refractivity contribution in [2.24, 2.45) is 0 Å². The molecular weight excluding hydrogens is 262 g/mol. The van der Waals surface area contributed by atoms with E-state index in [1.54, 1.807) is 0 Å². The maximum absolute atomic E-state index is 11.1. The molecule has 0 radical (unpaired) electrons. The Bertz CT molecular complexity index is 439. The number of nitrogens with zero attached hydrogens (tertiary/aromatic N) is 3. The molecule has 2 rings (SSSR count). The van der Waals surface area contributed by atoms with Crippen molar-refractivity contribution < 1.29 is 9.90 Å². The first-order chi connectivity index (χ1) is 9.10. The van der Waals surface area contributed by atoms with Crippen LogP contribution in [-0.4, -0.2) is 65.6 Å². The van der Waals surface area contributed by atoms with E-state index >= 15 is 0 Å². The topological polar surface area (TPSA) is 56.7 Å². The van der Waals surface area contributed by atoms with Gasteiger partial charge in [0.05, 0.1) is 10.7 Å². The monoisotopic (exact) mass is 283 g/mol. The summed E-state index contributed by atoms with van der Waals surface area (Å²) >= 11 is 1.33. The van der Waals surface area contributed by atoms with Crippen molar-refractivity contribution in [1.29, 1.82) is 0 Å². The number of hydrogen-bond acceptors (Lipinski definition) is 5. The van der Waals surface area contributed by atoms with E-state index in [4.69, 9.17) is 5.11 Å². The highest BCUT2D eigenvalue weighted by Gasteiger charge is 2.17. The highest BCUT2D eigenvalue weighted by molar-refractivity contribution is 7.13. The van der Waals surface area contributed by atoms with E-state index in [-0.39, 0.29) is 0 Å². The smallest absolute Gasteiger partial charge is 0.347 e. The van der Waals surface area contributed by atoms with Gasteiger partial charge in [-0.05, 0) is 13.5 Å². The lowest BCUT2D eigenvalue weighted by atomic mass is 10.3. The summed E-state index contributed by atoms with van der Waals surface area (Å²) < 4.78 is 0.